The predicted octanol–water partition coefficient (Wildman–Crippen LogP) is 6.72. The molecule has 4 rings (SSSR count). The lowest BCUT2D eigenvalue weighted by atomic mass is 10.0. The molecule has 0 saturated heterocycles. The Morgan fingerprint density at radius 3 is 2.71 bits per heavy atom. The van der Waals surface area contributed by atoms with Crippen molar-refractivity contribution in [2.75, 3.05) is 0 Å². The third-order valence-electron chi connectivity index (χ3n) is 4.68. The Balaban J connectivity index is 1.70. The van der Waals surface area contributed by atoms with Crippen LogP contribution in [-0.2, 0) is 0 Å². The predicted molar refractivity (Wildman–Crippen MR) is 113 cm³/mol. The molecule has 4 aromatic rings. The molecule has 0 aliphatic carbocycles. The molecule has 28 heavy (non-hydrogen) atoms. The SMILES string of the molecule is CCC(C)c1cnc(Sc2ccc3c(-c4ccc(F)cc4)cc(=O)oc3c2)s1. The quantitative estimate of drug-likeness (QED) is 0.342. The van der Waals surface area contributed by atoms with Gasteiger partial charge in [-0.15, -0.1) is 11.3 Å². The summed E-state index contributed by atoms with van der Waals surface area (Å²) in [4.78, 5) is 18.8. The van der Waals surface area contributed by atoms with E-state index < -0.39 is 5.63 Å². The summed E-state index contributed by atoms with van der Waals surface area (Å²) in [6.45, 7) is 4.37. The molecule has 2 heterocycles. The molecule has 0 aliphatic rings. The van der Waals surface area contributed by atoms with Crippen molar-refractivity contribution in [3.05, 3.63) is 75.8 Å². The van der Waals surface area contributed by atoms with Crippen LogP contribution in [0.3, 0.4) is 0 Å². The second-order valence-corrected chi connectivity index (χ2v) is 8.97. The summed E-state index contributed by atoms with van der Waals surface area (Å²) < 4.78 is 19.6. The normalized spacial score (nSPS) is 12.4. The summed E-state index contributed by atoms with van der Waals surface area (Å²) in [6, 6.07) is 13.3. The van der Waals surface area contributed by atoms with Crippen LogP contribution in [0.5, 0.6) is 0 Å². The number of rotatable bonds is 5. The van der Waals surface area contributed by atoms with E-state index in [-0.39, 0.29) is 5.82 Å². The number of thiazole rings is 1. The highest BCUT2D eigenvalue weighted by atomic mass is 32.2. The molecule has 0 aliphatic heterocycles. The summed E-state index contributed by atoms with van der Waals surface area (Å²) in [5, 5.41) is 0.815. The highest BCUT2D eigenvalue weighted by molar-refractivity contribution is 8.01. The van der Waals surface area contributed by atoms with Gasteiger partial charge >= 0.3 is 5.63 Å². The van der Waals surface area contributed by atoms with Gasteiger partial charge in [0.25, 0.3) is 0 Å². The van der Waals surface area contributed by atoms with Gasteiger partial charge < -0.3 is 4.42 Å². The third-order valence-corrected chi connectivity index (χ3v) is 6.97. The molecule has 0 amide bonds. The van der Waals surface area contributed by atoms with E-state index in [9.17, 15) is 9.18 Å². The average molecular weight is 412 g/mol. The fraction of sp³-hybridized carbons (Fsp3) is 0.182. The van der Waals surface area contributed by atoms with Gasteiger partial charge in [-0.3, -0.25) is 0 Å². The van der Waals surface area contributed by atoms with Gasteiger partial charge in [-0.05, 0) is 53.8 Å². The molecular formula is C22H18FNO2S2. The second-order valence-electron chi connectivity index (χ2n) is 6.58. The van der Waals surface area contributed by atoms with Crippen molar-refractivity contribution >= 4 is 34.1 Å². The second kappa shape index (κ2) is 7.89. The summed E-state index contributed by atoms with van der Waals surface area (Å²) in [5.41, 5.74) is 1.59. The van der Waals surface area contributed by atoms with E-state index in [1.54, 1.807) is 35.2 Å². The monoisotopic (exact) mass is 411 g/mol. The van der Waals surface area contributed by atoms with Gasteiger partial charge in [0.2, 0.25) is 0 Å². The fourth-order valence-corrected chi connectivity index (χ4v) is 5.06. The molecule has 3 nitrogen and oxygen atoms in total. The van der Waals surface area contributed by atoms with Crippen molar-refractivity contribution in [1.29, 1.82) is 0 Å². The highest BCUT2D eigenvalue weighted by Crippen LogP contribution is 2.36. The first-order chi connectivity index (χ1) is 13.5. The maximum atomic E-state index is 13.2. The van der Waals surface area contributed by atoms with E-state index in [1.165, 1.54) is 23.1 Å². The van der Waals surface area contributed by atoms with Crippen LogP contribution in [0.15, 0.2) is 73.2 Å². The third kappa shape index (κ3) is 3.88. The Kier molecular flexibility index (Phi) is 5.33. The number of fused-ring (bicyclic) bond motifs is 1. The first-order valence-corrected chi connectivity index (χ1v) is 10.6. The van der Waals surface area contributed by atoms with Crippen LogP contribution in [0.25, 0.3) is 22.1 Å². The number of hydrogen-bond donors (Lipinski definition) is 0. The minimum absolute atomic E-state index is 0.310. The van der Waals surface area contributed by atoms with Gasteiger partial charge in [0.1, 0.15) is 11.4 Å². The average Bonchev–Trinajstić information content (AvgIpc) is 3.15. The minimum Gasteiger partial charge on any atom is -0.423 e. The van der Waals surface area contributed by atoms with Crippen LogP contribution in [-0.4, -0.2) is 4.98 Å². The van der Waals surface area contributed by atoms with Crippen LogP contribution in [0.4, 0.5) is 4.39 Å². The van der Waals surface area contributed by atoms with E-state index in [1.807, 2.05) is 24.4 Å². The summed E-state index contributed by atoms with van der Waals surface area (Å²) >= 11 is 3.25. The molecule has 1 unspecified atom stereocenters. The van der Waals surface area contributed by atoms with Crippen LogP contribution in [0, 0.1) is 5.82 Å². The number of hydrogen-bond acceptors (Lipinski definition) is 5. The molecule has 6 heteroatoms. The van der Waals surface area contributed by atoms with E-state index in [2.05, 4.69) is 18.8 Å². The van der Waals surface area contributed by atoms with Gasteiger partial charge in [-0.25, -0.2) is 14.2 Å². The van der Waals surface area contributed by atoms with Crippen LogP contribution >= 0.6 is 23.1 Å². The van der Waals surface area contributed by atoms with E-state index in [0.29, 0.717) is 11.5 Å². The molecule has 0 spiro atoms. The maximum absolute atomic E-state index is 13.2. The Labute approximate surface area is 170 Å². The Bertz CT molecular complexity index is 1180. The lowest BCUT2D eigenvalue weighted by Gasteiger charge is -2.07. The molecule has 0 bridgehead atoms. The van der Waals surface area contributed by atoms with Crippen molar-refractivity contribution in [2.45, 2.75) is 35.4 Å². The Morgan fingerprint density at radius 2 is 1.96 bits per heavy atom. The first-order valence-electron chi connectivity index (χ1n) is 9.01. The van der Waals surface area contributed by atoms with Crippen molar-refractivity contribution in [2.24, 2.45) is 0 Å². The van der Waals surface area contributed by atoms with E-state index in [4.69, 9.17) is 4.42 Å². The lowest BCUT2D eigenvalue weighted by molar-refractivity contribution is 0.561. The number of nitrogens with zero attached hydrogens (tertiary/aromatic N) is 1. The summed E-state index contributed by atoms with van der Waals surface area (Å²) in [7, 11) is 0. The fourth-order valence-electron chi connectivity index (χ4n) is 2.92. The minimum atomic E-state index is -0.428. The van der Waals surface area contributed by atoms with Crippen molar-refractivity contribution in [3.8, 4) is 11.1 Å². The molecule has 1 atom stereocenters. The zero-order valence-electron chi connectivity index (χ0n) is 15.4. The summed E-state index contributed by atoms with van der Waals surface area (Å²) in [5.74, 6) is 0.189. The molecule has 0 fully saturated rings. The number of aromatic nitrogens is 1. The van der Waals surface area contributed by atoms with Crippen molar-refractivity contribution < 1.29 is 8.81 Å². The lowest BCUT2D eigenvalue weighted by Crippen LogP contribution is -1.98. The van der Waals surface area contributed by atoms with Gasteiger partial charge in [0, 0.05) is 27.4 Å². The molecule has 2 aromatic heterocycles. The molecule has 142 valence electrons. The molecular weight excluding hydrogens is 393 g/mol. The largest absolute Gasteiger partial charge is 0.423 e. The number of benzene rings is 2. The van der Waals surface area contributed by atoms with Crippen LogP contribution in [0.1, 0.15) is 31.1 Å². The molecule has 2 aromatic carbocycles. The Hall–Kier alpha value is -2.44. The Morgan fingerprint density at radius 1 is 1.18 bits per heavy atom. The number of halogens is 1. The van der Waals surface area contributed by atoms with Crippen molar-refractivity contribution in [1.82, 2.24) is 4.98 Å². The molecule has 0 N–H and O–H groups in total. The highest BCUT2D eigenvalue weighted by Gasteiger charge is 2.12. The zero-order chi connectivity index (χ0) is 19.7. The van der Waals surface area contributed by atoms with Gasteiger partial charge in [-0.2, -0.15) is 0 Å². The van der Waals surface area contributed by atoms with Gasteiger partial charge in [-0.1, -0.05) is 37.7 Å². The van der Waals surface area contributed by atoms with Gasteiger partial charge in [0.05, 0.1) is 0 Å². The van der Waals surface area contributed by atoms with E-state index in [0.717, 1.165) is 32.2 Å². The summed E-state index contributed by atoms with van der Waals surface area (Å²) in [6.07, 6.45) is 3.02. The van der Waals surface area contributed by atoms with Crippen molar-refractivity contribution in [3.63, 3.8) is 0 Å². The zero-order valence-corrected chi connectivity index (χ0v) is 17.1. The maximum Gasteiger partial charge on any atom is 0.336 e. The first kappa shape index (κ1) is 18.9. The standard InChI is InChI=1S/C22H18FNO2S2/c1-3-13(2)20-12-24-22(28-20)27-16-8-9-17-18(11-21(25)26-19(17)10-16)14-4-6-15(23)7-5-14/h4-13H,3H2,1-2H3. The van der Waals surface area contributed by atoms with Gasteiger partial charge in [0.15, 0.2) is 4.34 Å². The smallest absolute Gasteiger partial charge is 0.336 e. The molecule has 0 radical (unpaired) electrons. The van der Waals surface area contributed by atoms with E-state index >= 15 is 0 Å². The van der Waals surface area contributed by atoms with Crippen LogP contribution in [0.2, 0.25) is 0 Å². The molecule has 0 saturated carbocycles. The van der Waals surface area contributed by atoms with Crippen LogP contribution < -0.4 is 5.63 Å². The topological polar surface area (TPSA) is 43.1 Å².